The van der Waals surface area contributed by atoms with Crippen molar-refractivity contribution in [2.24, 2.45) is 0 Å². The summed E-state index contributed by atoms with van der Waals surface area (Å²) in [6.45, 7) is 0.515. The molecular formula is C8H11BrN4O2S. The number of hydrogen-bond donors (Lipinski definition) is 1. The van der Waals surface area contributed by atoms with Gasteiger partial charge in [0.25, 0.3) is 6.20 Å². The van der Waals surface area contributed by atoms with Gasteiger partial charge in [-0.15, -0.1) is 11.3 Å². The standard InChI is InChI=1S/C8H11BrN4O2S/c1-12(2)7(5-13(14)15)10-3-6-4-11-8(9)16-6/h4-5,10H,3H2,1-2H3/b7-5-. The SMILES string of the molecule is CN(C)/C(=C\[N+](=O)[O-])NCc1cnc(Br)s1. The highest BCUT2D eigenvalue weighted by Crippen LogP contribution is 2.18. The predicted molar refractivity (Wildman–Crippen MR) is 65.4 cm³/mol. The average Bonchev–Trinajstić information content (AvgIpc) is 2.58. The summed E-state index contributed by atoms with van der Waals surface area (Å²) >= 11 is 4.74. The Balaban J connectivity index is 2.60. The predicted octanol–water partition coefficient (Wildman–Crippen LogP) is 1.63. The lowest BCUT2D eigenvalue weighted by molar-refractivity contribution is -0.404. The minimum Gasteiger partial charge on any atom is -0.362 e. The van der Waals surface area contributed by atoms with Crippen LogP contribution in [-0.4, -0.2) is 28.9 Å². The molecular weight excluding hydrogens is 296 g/mol. The van der Waals surface area contributed by atoms with E-state index in [2.05, 4.69) is 26.2 Å². The van der Waals surface area contributed by atoms with Crippen molar-refractivity contribution in [3.63, 3.8) is 0 Å². The molecule has 0 fully saturated rings. The Bertz CT molecular complexity index is 404. The van der Waals surface area contributed by atoms with Crippen molar-refractivity contribution >= 4 is 27.3 Å². The Morgan fingerprint density at radius 2 is 2.50 bits per heavy atom. The second-order valence-corrected chi connectivity index (χ2v) is 5.52. The minimum absolute atomic E-state index is 0.453. The van der Waals surface area contributed by atoms with Crippen LogP contribution in [0.4, 0.5) is 0 Å². The van der Waals surface area contributed by atoms with Gasteiger partial charge in [0.15, 0.2) is 9.74 Å². The molecule has 0 atom stereocenters. The van der Waals surface area contributed by atoms with E-state index in [1.807, 2.05) is 0 Å². The molecule has 6 nitrogen and oxygen atoms in total. The Labute approximate surface area is 105 Å². The Hall–Kier alpha value is -1.15. The summed E-state index contributed by atoms with van der Waals surface area (Å²) < 4.78 is 0.800. The lowest BCUT2D eigenvalue weighted by Crippen LogP contribution is -2.25. The Morgan fingerprint density at radius 3 is 2.94 bits per heavy atom. The van der Waals surface area contributed by atoms with Crippen LogP contribution in [0.1, 0.15) is 4.88 Å². The van der Waals surface area contributed by atoms with Gasteiger partial charge >= 0.3 is 0 Å². The highest BCUT2D eigenvalue weighted by atomic mass is 79.9. The van der Waals surface area contributed by atoms with E-state index in [0.717, 1.165) is 15.0 Å². The third-order valence-electron chi connectivity index (χ3n) is 1.68. The van der Waals surface area contributed by atoms with E-state index in [0.29, 0.717) is 12.4 Å². The van der Waals surface area contributed by atoms with Crippen LogP contribution in [0.3, 0.4) is 0 Å². The molecule has 0 unspecified atom stereocenters. The third kappa shape index (κ3) is 4.15. The molecule has 1 heterocycles. The highest BCUT2D eigenvalue weighted by molar-refractivity contribution is 9.11. The number of hydrogen-bond acceptors (Lipinski definition) is 6. The van der Waals surface area contributed by atoms with Crippen LogP contribution >= 0.6 is 27.3 Å². The first kappa shape index (κ1) is 12.9. The van der Waals surface area contributed by atoms with Crippen LogP contribution in [0.2, 0.25) is 0 Å². The van der Waals surface area contributed by atoms with Crippen molar-refractivity contribution in [3.8, 4) is 0 Å². The second-order valence-electron chi connectivity index (χ2n) is 3.13. The zero-order valence-corrected chi connectivity index (χ0v) is 11.2. The molecule has 0 aromatic carbocycles. The summed E-state index contributed by atoms with van der Waals surface area (Å²) in [5.41, 5.74) is 0. The number of thiazole rings is 1. The zero-order chi connectivity index (χ0) is 12.1. The first-order valence-corrected chi connectivity index (χ1v) is 5.96. The smallest absolute Gasteiger partial charge is 0.274 e. The molecule has 0 saturated heterocycles. The molecule has 8 heteroatoms. The van der Waals surface area contributed by atoms with Gasteiger partial charge in [0.05, 0.1) is 11.5 Å². The molecule has 0 aliphatic carbocycles. The van der Waals surface area contributed by atoms with Crippen LogP contribution in [-0.2, 0) is 6.54 Å². The summed E-state index contributed by atoms with van der Waals surface area (Å²) in [6.07, 6.45) is 2.66. The third-order valence-corrected chi connectivity index (χ3v) is 3.15. The van der Waals surface area contributed by atoms with E-state index in [1.165, 1.54) is 11.3 Å². The second kappa shape index (κ2) is 5.80. The van der Waals surface area contributed by atoms with E-state index in [9.17, 15) is 10.1 Å². The molecule has 1 N–H and O–H groups in total. The number of aromatic nitrogens is 1. The van der Waals surface area contributed by atoms with Crippen LogP contribution in [0.25, 0.3) is 0 Å². The average molecular weight is 307 g/mol. The molecule has 0 radical (unpaired) electrons. The molecule has 0 spiro atoms. The van der Waals surface area contributed by atoms with Crippen LogP contribution in [0.5, 0.6) is 0 Å². The van der Waals surface area contributed by atoms with Gasteiger partial charge in [0, 0.05) is 25.2 Å². The van der Waals surface area contributed by atoms with Crippen molar-refractivity contribution in [1.29, 1.82) is 0 Å². The molecule has 0 bridgehead atoms. The normalized spacial score (nSPS) is 11.3. The summed E-state index contributed by atoms with van der Waals surface area (Å²) in [5.74, 6) is 0.453. The zero-order valence-electron chi connectivity index (χ0n) is 8.81. The summed E-state index contributed by atoms with van der Waals surface area (Å²) in [4.78, 5) is 16.6. The van der Waals surface area contributed by atoms with Gasteiger partial charge in [-0.3, -0.25) is 10.1 Å². The topological polar surface area (TPSA) is 71.3 Å². The van der Waals surface area contributed by atoms with Crippen molar-refractivity contribution in [2.45, 2.75) is 6.54 Å². The molecule has 88 valence electrons. The molecule has 1 rings (SSSR count). The largest absolute Gasteiger partial charge is 0.362 e. The fraction of sp³-hybridized carbons (Fsp3) is 0.375. The van der Waals surface area contributed by atoms with E-state index in [-0.39, 0.29) is 0 Å². The van der Waals surface area contributed by atoms with Crippen molar-refractivity contribution in [2.75, 3.05) is 14.1 Å². The molecule has 0 amide bonds. The summed E-state index contributed by atoms with van der Waals surface area (Å²) in [5, 5.41) is 13.3. The Kier molecular flexibility index (Phi) is 4.69. The molecule has 16 heavy (non-hydrogen) atoms. The van der Waals surface area contributed by atoms with Gasteiger partial charge in [0.1, 0.15) is 0 Å². The van der Waals surface area contributed by atoms with Crippen LogP contribution in [0, 0.1) is 10.1 Å². The maximum absolute atomic E-state index is 10.4. The lowest BCUT2D eigenvalue weighted by Gasteiger charge is -2.15. The van der Waals surface area contributed by atoms with E-state index in [4.69, 9.17) is 0 Å². The monoisotopic (exact) mass is 306 g/mol. The maximum Gasteiger partial charge on any atom is 0.274 e. The quantitative estimate of drug-likeness (QED) is 0.661. The van der Waals surface area contributed by atoms with E-state index in [1.54, 1.807) is 25.2 Å². The van der Waals surface area contributed by atoms with Crippen molar-refractivity contribution < 1.29 is 4.92 Å². The number of halogens is 1. The molecule has 0 saturated carbocycles. The first-order valence-electron chi connectivity index (χ1n) is 4.35. The van der Waals surface area contributed by atoms with Gasteiger partial charge in [-0.05, 0) is 15.9 Å². The van der Waals surface area contributed by atoms with Gasteiger partial charge in [0.2, 0.25) is 0 Å². The molecule has 0 aliphatic rings. The van der Waals surface area contributed by atoms with Gasteiger partial charge in [-0.25, -0.2) is 4.98 Å². The summed E-state index contributed by atoms with van der Waals surface area (Å²) in [7, 11) is 3.48. The number of nitro groups is 1. The van der Waals surface area contributed by atoms with Crippen LogP contribution in [0.15, 0.2) is 22.1 Å². The lowest BCUT2D eigenvalue weighted by atomic mass is 10.5. The Morgan fingerprint density at radius 1 is 1.81 bits per heavy atom. The van der Waals surface area contributed by atoms with Crippen LogP contribution < -0.4 is 5.32 Å². The molecule has 1 aromatic rings. The fourth-order valence-corrected chi connectivity index (χ4v) is 2.26. The fourth-order valence-electron chi connectivity index (χ4n) is 0.962. The van der Waals surface area contributed by atoms with E-state index < -0.39 is 4.92 Å². The minimum atomic E-state index is -0.481. The van der Waals surface area contributed by atoms with Crippen molar-refractivity contribution in [1.82, 2.24) is 15.2 Å². The molecule has 0 aliphatic heterocycles. The first-order chi connectivity index (χ1) is 7.49. The van der Waals surface area contributed by atoms with Gasteiger partial charge in [-0.1, -0.05) is 0 Å². The number of rotatable bonds is 5. The molecule has 1 aromatic heterocycles. The van der Waals surface area contributed by atoms with Crippen molar-refractivity contribution in [3.05, 3.63) is 37.1 Å². The maximum atomic E-state index is 10.4. The summed E-state index contributed by atoms with van der Waals surface area (Å²) in [6, 6.07) is 0. The van der Waals surface area contributed by atoms with Gasteiger partial charge in [-0.2, -0.15) is 0 Å². The van der Waals surface area contributed by atoms with E-state index >= 15 is 0 Å². The number of nitrogens with one attached hydrogen (secondary N) is 1. The van der Waals surface area contributed by atoms with Gasteiger partial charge < -0.3 is 10.2 Å². The number of nitrogens with zero attached hydrogens (tertiary/aromatic N) is 3. The highest BCUT2D eigenvalue weighted by Gasteiger charge is 2.06.